The fraction of sp³-hybridized carbons (Fsp3) is 0.370. The van der Waals surface area contributed by atoms with Gasteiger partial charge in [0, 0.05) is 43.4 Å². The standard InChI is InChI=1S/C27H28F3N5O/c1-2-36-33-26(20-4-6-22(28)23(29)13-20)24-7-3-19(14-31-24)16-34-11-9-27(17-34)10-12-35(18-27)21-5-8-25(30)32-15-21/h3-8,13-15H,2,9-12,16-18H2,1H3. The number of oxime groups is 1. The maximum Gasteiger partial charge on any atom is 0.212 e. The van der Waals surface area contributed by atoms with Gasteiger partial charge < -0.3 is 9.74 Å². The quantitative estimate of drug-likeness (QED) is 0.268. The van der Waals surface area contributed by atoms with E-state index in [0.717, 1.165) is 68.9 Å². The number of aromatic nitrogens is 2. The van der Waals surface area contributed by atoms with Crippen molar-refractivity contribution in [2.75, 3.05) is 37.7 Å². The zero-order valence-corrected chi connectivity index (χ0v) is 20.1. The summed E-state index contributed by atoms with van der Waals surface area (Å²) in [6.07, 6.45) is 5.62. The smallest absolute Gasteiger partial charge is 0.212 e. The number of pyridine rings is 2. The lowest BCUT2D eigenvalue weighted by Gasteiger charge is -2.25. The van der Waals surface area contributed by atoms with Crippen LogP contribution in [0.4, 0.5) is 18.9 Å². The molecular weight excluding hydrogens is 467 g/mol. The van der Waals surface area contributed by atoms with E-state index >= 15 is 0 Å². The largest absolute Gasteiger partial charge is 0.396 e. The van der Waals surface area contributed by atoms with Crippen LogP contribution in [0.3, 0.4) is 0 Å². The summed E-state index contributed by atoms with van der Waals surface area (Å²) >= 11 is 0. The van der Waals surface area contributed by atoms with E-state index in [-0.39, 0.29) is 5.41 Å². The summed E-state index contributed by atoms with van der Waals surface area (Å²) in [6.45, 7) is 6.80. The molecule has 2 aliphatic rings. The molecule has 2 fully saturated rings. The fourth-order valence-corrected chi connectivity index (χ4v) is 5.14. The van der Waals surface area contributed by atoms with Crippen molar-refractivity contribution >= 4 is 11.4 Å². The number of hydrogen-bond acceptors (Lipinski definition) is 6. The lowest BCUT2D eigenvalue weighted by Crippen LogP contribution is -2.30. The van der Waals surface area contributed by atoms with Crippen LogP contribution in [0.5, 0.6) is 0 Å². The SMILES string of the molecule is CCON=C(c1ccc(F)c(F)c1)c1ccc(CN2CCC3(CCN(c4ccc(F)nc4)C3)C2)cn1. The minimum Gasteiger partial charge on any atom is -0.396 e. The van der Waals surface area contributed by atoms with Crippen LogP contribution >= 0.6 is 0 Å². The van der Waals surface area contributed by atoms with Gasteiger partial charge in [0.2, 0.25) is 5.95 Å². The van der Waals surface area contributed by atoms with Crippen molar-refractivity contribution in [2.45, 2.75) is 26.3 Å². The van der Waals surface area contributed by atoms with Gasteiger partial charge >= 0.3 is 0 Å². The molecule has 0 radical (unpaired) electrons. The van der Waals surface area contributed by atoms with Crippen molar-refractivity contribution in [1.29, 1.82) is 0 Å². The Labute approximate surface area is 208 Å². The molecule has 5 rings (SSSR count). The van der Waals surface area contributed by atoms with E-state index in [1.165, 1.54) is 12.1 Å². The maximum atomic E-state index is 13.8. The third kappa shape index (κ3) is 5.21. The highest BCUT2D eigenvalue weighted by Gasteiger charge is 2.43. The number of benzene rings is 1. The van der Waals surface area contributed by atoms with Gasteiger partial charge in [-0.15, -0.1) is 0 Å². The third-order valence-corrected chi connectivity index (χ3v) is 6.98. The number of anilines is 1. The van der Waals surface area contributed by atoms with Gasteiger partial charge in [-0.05, 0) is 68.3 Å². The van der Waals surface area contributed by atoms with Gasteiger partial charge in [0.15, 0.2) is 11.6 Å². The minimum absolute atomic E-state index is 0.228. The molecule has 2 aromatic heterocycles. The zero-order valence-electron chi connectivity index (χ0n) is 20.1. The van der Waals surface area contributed by atoms with Gasteiger partial charge in [-0.3, -0.25) is 9.88 Å². The molecule has 1 spiro atoms. The van der Waals surface area contributed by atoms with Gasteiger partial charge in [-0.2, -0.15) is 4.39 Å². The third-order valence-electron chi connectivity index (χ3n) is 6.98. The van der Waals surface area contributed by atoms with Crippen LogP contribution in [-0.4, -0.2) is 53.4 Å². The van der Waals surface area contributed by atoms with Crippen LogP contribution in [0.25, 0.3) is 0 Å². The van der Waals surface area contributed by atoms with Crippen LogP contribution in [-0.2, 0) is 11.4 Å². The van der Waals surface area contributed by atoms with E-state index in [0.29, 0.717) is 23.6 Å². The van der Waals surface area contributed by atoms with Crippen LogP contribution in [0.15, 0.2) is 60.0 Å². The molecule has 0 aliphatic carbocycles. The van der Waals surface area contributed by atoms with Crippen molar-refractivity contribution in [3.05, 3.63) is 89.3 Å². The summed E-state index contributed by atoms with van der Waals surface area (Å²) in [4.78, 5) is 18.3. The van der Waals surface area contributed by atoms with E-state index in [2.05, 4.69) is 24.9 Å². The zero-order chi connectivity index (χ0) is 25.1. The van der Waals surface area contributed by atoms with Crippen molar-refractivity contribution in [2.24, 2.45) is 10.6 Å². The first-order valence-corrected chi connectivity index (χ1v) is 12.1. The van der Waals surface area contributed by atoms with Crippen molar-refractivity contribution in [1.82, 2.24) is 14.9 Å². The van der Waals surface area contributed by atoms with Gasteiger partial charge in [0.1, 0.15) is 12.3 Å². The Morgan fingerprint density at radius 2 is 1.83 bits per heavy atom. The predicted molar refractivity (Wildman–Crippen MR) is 131 cm³/mol. The molecule has 2 saturated heterocycles. The Bertz CT molecular complexity index is 1240. The van der Waals surface area contributed by atoms with Gasteiger partial charge in [0.25, 0.3) is 0 Å². The molecule has 3 aromatic rings. The van der Waals surface area contributed by atoms with Crippen LogP contribution in [0.1, 0.15) is 36.6 Å². The Hall–Kier alpha value is -3.46. The highest BCUT2D eigenvalue weighted by molar-refractivity contribution is 6.11. The predicted octanol–water partition coefficient (Wildman–Crippen LogP) is 4.79. The molecule has 0 bridgehead atoms. The first-order valence-electron chi connectivity index (χ1n) is 12.1. The molecule has 0 saturated carbocycles. The van der Waals surface area contributed by atoms with Gasteiger partial charge in [0.05, 0.1) is 17.6 Å². The summed E-state index contributed by atoms with van der Waals surface area (Å²) in [6, 6.07) is 10.7. The minimum atomic E-state index is -0.947. The normalized spacial score (nSPS) is 20.4. The van der Waals surface area contributed by atoms with Crippen LogP contribution < -0.4 is 4.90 Å². The summed E-state index contributed by atoms with van der Waals surface area (Å²) in [5.41, 5.74) is 3.53. The molecule has 188 valence electrons. The Balaban J connectivity index is 1.24. The lowest BCUT2D eigenvalue weighted by molar-refractivity contribution is 0.159. The van der Waals surface area contributed by atoms with E-state index in [9.17, 15) is 13.2 Å². The summed E-state index contributed by atoms with van der Waals surface area (Å²) in [7, 11) is 0. The second kappa shape index (κ2) is 10.3. The summed E-state index contributed by atoms with van der Waals surface area (Å²) in [5.74, 6) is -2.32. The topological polar surface area (TPSA) is 53.9 Å². The Morgan fingerprint density at radius 1 is 0.972 bits per heavy atom. The van der Waals surface area contributed by atoms with Gasteiger partial charge in [-0.25, -0.2) is 13.8 Å². The lowest BCUT2D eigenvalue weighted by atomic mass is 9.86. The van der Waals surface area contributed by atoms with Gasteiger partial charge in [-0.1, -0.05) is 11.2 Å². The number of hydrogen-bond donors (Lipinski definition) is 0. The maximum absolute atomic E-state index is 13.8. The van der Waals surface area contributed by atoms with E-state index in [4.69, 9.17) is 4.84 Å². The van der Waals surface area contributed by atoms with E-state index in [1.807, 2.05) is 12.1 Å². The monoisotopic (exact) mass is 495 g/mol. The van der Waals surface area contributed by atoms with Crippen LogP contribution in [0.2, 0.25) is 0 Å². The molecular formula is C27H28F3N5O. The first kappa shape index (κ1) is 24.2. The second-order valence-electron chi connectivity index (χ2n) is 9.51. The molecule has 0 N–H and O–H groups in total. The average Bonchev–Trinajstić information content (AvgIpc) is 3.49. The first-order chi connectivity index (χ1) is 17.4. The summed E-state index contributed by atoms with van der Waals surface area (Å²) < 4.78 is 40.4. The molecule has 1 atom stereocenters. The molecule has 0 amide bonds. The van der Waals surface area contributed by atoms with Crippen LogP contribution in [0, 0.1) is 23.0 Å². The molecule has 4 heterocycles. The molecule has 9 heteroatoms. The van der Waals surface area contributed by atoms with Crippen molar-refractivity contribution in [3.8, 4) is 0 Å². The average molecular weight is 496 g/mol. The highest BCUT2D eigenvalue weighted by atomic mass is 19.2. The number of rotatable bonds is 7. The van der Waals surface area contributed by atoms with Crippen molar-refractivity contribution < 1.29 is 18.0 Å². The Morgan fingerprint density at radius 3 is 2.56 bits per heavy atom. The second-order valence-corrected chi connectivity index (χ2v) is 9.51. The summed E-state index contributed by atoms with van der Waals surface area (Å²) in [5, 5.41) is 4.10. The molecule has 1 aromatic carbocycles. The molecule has 36 heavy (non-hydrogen) atoms. The molecule has 1 unspecified atom stereocenters. The number of halogens is 3. The number of nitrogens with zero attached hydrogens (tertiary/aromatic N) is 5. The fourth-order valence-electron chi connectivity index (χ4n) is 5.14. The highest BCUT2D eigenvalue weighted by Crippen LogP contribution is 2.41. The molecule has 6 nitrogen and oxygen atoms in total. The van der Waals surface area contributed by atoms with E-state index in [1.54, 1.807) is 25.4 Å². The van der Waals surface area contributed by atoms with Crippen molar-refractivity contribution in [3.63, 3.8) is 0 Å². The van der Waals surface area contributed by atoms with E-state index < -0.39 is 17.6 Å². The molecule has 2 aliphatic heterocycles. The Kier molecular flexibility index (Phi) is 6.91. The number of likely N-dealkylation sites (tertiary alicyclic amines) is 1.